The third-order valence-electron chi connectivity index (χ3n) is 6.73. The number of esters is 1. The second kappa shape index (κ2) is 7.89. The number of hydrogen-bond acceptors (Lipinski definition) is 8. The van der Waals surface area contributed by atoms with Crippen LogP contribution in [0.1, 0.15) is 49.2 Å². The molecular weight excluding hydrogens is 433 g/mol. The van der Waals surface area contributed by atoms with Crippen molar-refractivity contribution in [1.29, 1.82) is 0 Å². The average Bonchev–Trinajstić information content (AvgIpc) is 3.45. The molecule has 3 heterocycles. The predicted octanol–water partition coefficient (Wildman–Crippen LogP) is 2.36. The normalized spacial score (nSPS) is 32.2. The van der Waals surface area contributed by atoms with Gasteiger partial charge >= 0.3 is 11.7 Å². The molecule has 0 bridgehead atoms. The van der Waals surface area contributed by atoms with Crippen LogP contribution in [0.25, 0.3) is 0 Å². The molecule has 2 saturated heterocycles. The molecule has 176 valence electrons. The van der Waals surface area contributed by atoms with Gasteiger partial charge in [-0.3, -0.25) is 4.57 Å². The number of anilines is 1. The summed E-state index contributed by atoms with van der Waals surface area (Å²) in [6, 6.07) is 9.86. The summed E-state index contributed by atoms with van der Waals surface area (Å²) in [4.78, 5) is 29.0. The maximum atomic E-state index is 14.8. The monoisotopic (exact) mass is 459 g/mol. The van der Waals surface area contributed by atoms with Crippen LogP contribution in [0.4, 0.5) is 10.2 Å². The van der Waals surface area contributed by atoms with Gasteiger partial charge in [-0.05, 0) is 38.0 Å². The first-order chi connectivity index (χ1) is 15.8. The number of nitrogens with zero attached hydrogens (tertiary/aromatic N) is 2. The molecule has 4 atom stereocenters. The molecule has 1 saturated carbocycles. The minimum Gasteiger partial charge on any atom is -0.459 e. The number of halogens is 1. The fraction of sp³-hybridized carbons (Fsp3) is 0.522. The Kier molecular flexibility index (Phi) is 5.26. The summed E-state index contributed by atoms with van der Waals surface area (Å²) in [5.41, 5.74) is 2.41. The molecule has 0 amide bonds. The van der Waals surface area contributed by atoms with Crippen LogP contribution < -0.4 is 11.4 Å². The van der Waals surface area contributed by atoms with Crippen molar-refractivity contribution in [3.05, 3.63) is 58.6 Å². The summed E-state index contributed by atoms with van der Waals surface area (Å²) < 4.78 is 40.4. The number of nitrogens with two attached hydrogens (primary N) is 1. The molecule has 33 heavy (non-hydrogen) atoms. The smallest absolute Gasteiger partial charge is 0.351 e. The molecule has 1 spiro atoms. The van der Waals surface area contributed by atoms with Crippen molar-refractivity contribution < 1.29 is 28.1 Å². The number of fused-ring (bicyclic) bond motifs is 1. The highest BCUT2D eigenvalue weighted by molar-refractivity contribution is 5.89. The summed E-state index contributed by atoms with van der Waals surface area (Å²) in [7, 11) is 0. The Morgan fingerprint density at radius 1 is 1.24 bits per heavy atom. The molecule has 1 aromatic carbocycles. The molecule has 0 unspecified atom stereocenters. The van der Waals surface area contributed by atoms with Crippen LogP contribution in [-0.4, -0.2) is 51.9 Å². The van der Waals surface area contributed by atoms with E-state index in [1.807, 2.05) is 0 Å². The van der Waals surface area contributed by atoms with Gasteiger partial charge < -0.3 is 24.7 Å². The number of hydrogen-bond donors (Lipinski definition) is 1. The number of carbonyl (C=O) groups excluding carboxylic acids is 1. The van der Waals surface area contributed by atoms with Crippen molar-refractivity contribution in [2.45, 2.75) is 61.9 Å². The molecule has 2 aliphatic heterocycles. The van der Waals surface area contributed by atoms with Crippen molar-refractivity contribution in [3.8, 4) is 0 Å². The third-order valence-corrected chi connectivity index (χ3v) is 6.73. The molecule has 2 N–H and O–H groups in total. The topological polar surface area (TPSA) is 115 Å². The molecule has 0 radical (unpaired) electrons. The van der Waals surface area contributed by atoms with E-state index in [-0.39, 0.29) is 5.82 Å². The lowest BCUT2D eigenvalue weighted by Crippen LogP contribution is -2.52. The molecular formula is C23H26FN3O6. The number of carbonyl (C=O) groups is 1. The van der Waals surface area contributed by atoms with Gasteiger partial charge in [0, 0.05) is 19.0 Å². The van der Waals surface area contributed by atoms with Gasteiger partial charge in [0.05, 0.1) is 5.56 Å². The van der Waals surface area contributed by atoms with Gasteiger partial charge in [-0.2, -0.15) is 4.98 Å². The van der Waals surface area contributed by atoms with E-state index in [0.29, 0.717) is 18.4 Å². The fourth-order valence-electron chi connectivity index (χ4n) is 5.19. The van der Waals surface area contributed by atoms with Crippen molar-refractivity contribution in [2.24, 2.45) is 0 Å². The summed E-state index contributed by atoms with van der Waals surface area (Å²) in [5, 5.41) is 0. The summed E-state index contributed by atoms with van der Waals surface area (Å²) in [6.07, 6.45) is 2.55. The Balaban J connectivity index is 1.51. The summed E-state index contributed by atoms with van der Waals surface area (Å²) in [6.45, 7) is 0.307. The van der Waals surface area contributed by atoms with Crippen molar-refractivity contribution in [1.82, 2.24) is 9.55 Å². The second-order valence-electron chi connectivity index (χ2n) is 9.05. The van der Waals surface area contributed by atoms with E-state index in [0.717, 1.165) is 12.8 Å². The average molecular weight is 459 g/mol. The van der Waals surface area contributed by atoms with E-state index in [2.05, 4.69) is 4.98 Å². The van der Waals surface area contributed by atoms with E-state index in [9.17, 15) is 14.0 Å². The van der Waals surface area contributed by atoms with Gasteiger partial charge in [0.25, 0.3) is 0 Å². The number of alkyl halides is 1. The van der Waals surface area contributed by atoms with E-state index >= 15 is 0 Å². The van der Waals surface area contributed by atoms with Gasteiger partial charge in [-0.1, -0.05) is 18.2 Å². The molecule has 10 heteroatoms. The van der Waals surface area contributed by atoms with Gasteiger partial charge in [0.2, 0.25) is 0 Å². The molecule has 9 nitrogen and oxygen atoms in total. The molecule has 5 rings (SSSR count). The van der Waals surface area contributed by atoms with Gasteiger partial charge in [-0.25, -0.2) is 14.0 Å². The van der Waals surface area contributed by atoms with Crippen LogP contribution in [0.15, 0.2) is 47.4 Å². The number of rotatable bonds is 5. The van der Waals surface area contributed by atoms with Crippen LogP contribution in [0.3, 0.4) is 0 Å². The number of aromatic nitrogens is 2. The fourth-order valence-corrected chi connectivity index (χ4v) is 5.19. The Morgan fingerprint density at radius 3 is 2.64 bits per heavy atom. The van der Waals surface area contributed by atoms with Gasteiger partial charge in [0.15, 0.2) is 17.6 Å². The number of ether oxygens (including phenoxy) is 4. The van der Waals surface area contributed by atoms with Gasteiger partial charge in [-0.15, -0.1) is 0 Å². The van der Waals surface area contributed by atoms with Crippen LogP contribution >= 0.6 is 0 Å². The molecule has 1 aromatic heterocycles. The Hall–Kier alpha value is -2.82. The Morgan fingerprint density at radius 2 is 1.97 bits per heavy atom. The maximum absolute atomic E-state index is 14.8. The van der Waals surface area contributed by atoms with E-state index in [1.54, 1.807) is 37.3 Å². The minimum atomic E-state index is -1.67. The van der Waals surface area contributed by atoms with Crippen LogP contribution in [0.5, 0.6) is 0 Å². The molecule has 3 aliphatic rings. The number of nitrogen functional groups attached to an aromatic ring is 1. The highest BCUT2D eigenvalue weighted by Gasteiger charge is 2.72. The zero-order valence-electron chi connectivity index (χ0n) is 18.2. The standard InChI is InChI=1S/C23H26FN3O6/c1-21-18(31-23(33-21)10-5-6-11-23)22(13-24,14-30-17(28)15-7-3-2-4-8-15)32-19(21)27-12-9-16(25)26-20(27)29/h2-4,7-9,12,18-19H,5-6,10-11,13-14H2,1H3,(H2,25,26,29)/t18-,19+,21+,22+/m0/s1. The maximum Gasteiger partial charge on any atom is 0.351 e. The first-order valence-electron chi connectivity index (χ1n) is 11.0. The highest BCUT2D eigenvalue weighted by Crippen LogP contribution is 2.58. The highest BCUT2D eigenvalue weighted by atomic mass is 19.1. The zero-order chi connectivity index (χ0) is 23.3. The van der Waals surface area contributed by atoms with Crippen LogP contribution in [-0.2, 0) is 18.9 Å². The van der Waals surface area contributed by atoms with Crippen molar-refractivity contribution in [2.75, 3.05) is 19.0 Å². The van der Waals surface area contributed by atoms with Crippen molar-refractivity contribution in [3.63, 3.8) is 0 Å². The molecule has 3 fully saturated rings. The van der Waals surface area contributed by atoms with E-state index in [1.165, 1.54) is 16.8 Å². The first-order valence-corrected chi connectivity index (χ1v) is 11.0. The minimum absolute atomic E-state index is 0.0559. The first kappa shape index (κ1) is 22.0. The molecule has 1 aliphatic carbocycles. The number of benzene rings is 1. The molecule has 2 aromatic rings. The zero-order valence-corrected chi connectivity index (χ0v) is 18.2. The van der Waals surface area contributed by atoms with Crippen LogP contribution in [0, 0.1) is 0 Å². The third kappa shape index (κ3) is 3.53. The largest absolute Gasteiger partial charge is 0.459 e. The Bertz CT molecular complexity index is 1100. The van der Waals surface area contributed by atoms with E-state index < -0.39 is 54.3 Å². The summed E-state index contributed by atoms with van der Waals surface area (Å²) in [5.74, 6) is -1.45. The second-order valence-corrected chi connectivity index (χ2v) is 9.05. The van der Waals surface area contributed by atoms with Crippen molar-refractivity contribution >= 4 is 11.8 Å². The predicted molar refractivity (Wildman–Crippen MR) is 114 cm³/mol. The summed E-state index contributed by atoms with van der Waals surface area (Å²) >= 11 is 0. The SMILES string of the molecule is C[C@@]12OC3(CCCC3)O[C@@H]1[C@@](CF)(COC(=O)c1ccccc1)O[C@H]2n1ccc(N)nc1=O. The Labute approximate surface area is 189 Å². The van der Waals surface area contributed by atoms with E-state index in [4.69, 9.17) is 24.7 Å². The lowest BCUT2D eigenvalue weighted by atomic mass is 9.88. The lowest BCUT2D eigenvalue weighted by molar-refractivity contribution is -0.253. The quantitative estimate of drug-likeness (QED) is 0.678. The lowest BCUT2D eigenvalue weighted by Gasteiger charge is -2.33. The van der Waals surface area contributed by atoms with Crippen LogP contribution in [0.2, 0.25) is 0 Å². The van der Waals surface area contributed by atoms with Gasteiger partial charge in [0.1, 0.15) is 30.8 Å².